The summed E-state index contributed by atoms with van der Waals surface area (Å²) in [5, 5.41) is 0. The standard InChI is InChI=1S/C16H20O2/c1-18-14-4-5-15-12(11-14)10-13(6-9-17)16(15)7-2-3-8-16/h4-5,9,11,13H,2-3,6-8,10H2,1H3. The van der Waals surface area contributed by atoms with Crippen LogP contribution in [0.4, 0.5) is 0 Å². The first-order valence-electron chi connectivity index (χ1n) is 6.91. The fourth-order valence-corrected chi connectivity index (χ4v) is 4.14. The summed E-state index contributed by atoms with van der Waals surface area (Å²) in [4.78, 5) is 11.0. The number of aldehydes is 1. The van der Waals surface area contributed by atoms with E-state index in [2.05, 4.69) is 18.2 Å². The number of ether oxygens (including phenoxy) is 1. The van der Waals surface area contributed by atoms with Gasteiger partial charge in [-0.05, 0) is 53.9 Å². The molecule has 0 N–H and O–H groups in total. The van der Waals surface area contributed by atoms with Gasteiger partial charge in [-0.15, -0.1) is 0 Å². The third-order valence-electron chi connectivity index (χ3n) is 4.97. The van der Waals surface area contributed by atoms with Gasteiger partial charge in [0.2, 0.25) is 0 Å². The van der Waals surface area contributed by atoms with Crippen molar-refractivity contribution < 1.29 is 9.53 Å². The molecule has 0 heterocycles. The van der Waals surface area contributed by atoms with Crippen LogP contribution in [0.1, 0.15) is 43.2 Å². The molecule has 2 aliphatic carbocycles. The summed E-state index contributed by atoms with van der Waals surface area (Å²) in [6.07, 6.45) is 7.98. The smallest absolute Gasteiger partial charge is 0.120 e. The highest BCUT2D eigenvalue weighted by molar-refractivity contribution is 5.54. The first-order chi connectivity index (χ1) is 8.80. The number of carbonyl (C=O) groups excluding carboxylic acids is 1. The molecule has 0 amide bonds. The van der Waals surface area contributed by atoms with Gasteiger partial charge in [0.15, 0.2) is 0 Å². The molecule has 1 atom stereocenters. The lowest BCUT2D eigenvalue weighted by Crippen LogP contribution is -2.28. The van der Waals surface area contributed by atoms with Gasteiger partial charge in [-0.2, -0.15) is 0 Å². The summed E-state index contributed by atoms with van der Waals surface area (Å²) >= 11 is 0. The monoisotopic (exact) mass is 244 g/mol. The molecule has 1 aromatic carbocycles. The van der Waals surface area contributed by atoms with Crippen molar-refractivity contribution >= 4 is 6.29 Å². The Morgan fingerprint density at radius 2 is 2.17 bits per heavy atom. The molecule has 0 aromatic heterocycles. The molecule has 2 nitrogen and oxygen atoms in total. The van der Waals surface area contributed by atoms with E-state index in [0.29, 0.717) is 17.8 Å². The highest BCUT2D eigenvalue weighted by atomic mass is 16.5. The first kappa shape index (κ1) is 11.8. The average Bonchev–Trinajstić information content (AvgIpc) is 2.98. The van der Waals surface area contributed by atoms with Crippen LogP contribution in [0, 0.1) is 5.92 Å². The predicted molar refractivity (Wildman–Crippen MR) is 71.0 cm³/mol. The maximum atomic E-state index is 11.0. The fourth-order valence-electron chi connectivity index (χ4n) is 4.14. The molecule has 0 bridgehead atoms. The molecule has 1 spiro atoms. The van der Waals surface area contributed by atoms with E-state index in [0.717, 1.165) is 18.5 Å². The number of carbonyl (C=O) groups is 1. The molecule has 3 rings (SSSR count). The van der Waals surface area contributed by atoms with Crippen LogP contribution in [-0.4, -0.2) is 13.4 Å². The van der Waals surface area contributed by atoms with Gasteiger partial charge < -0.3 is 9.53 Å². The highest BCUT2D eigenvalue weighted by Crippen LogP contribution is 2.54. The summed E-state index contributed by atoms with van der Waals surface area (Å²) < 4.78 is 5.32. The third kappa shape index (κ3) is 1.58. The second kappa shape index (κ2) is 4.42. The van der Waals surface area contributed by atoms with E-state index >= 15 is 0 Å². The summed E-state index contributed by atoms with van der Waals surface area (Å²) in [6.45, 7) is 0. The van der Waals surface area contributed by atoms with E-state index in [1.54, 1.807) is 7.11 Å². The van der Waals surface area contributed by atoms with Crippen LogP contribution in [-0.2, 0) is 16.6 Å². The lowest BCUT2D eigenvalue weighted by atomic mass is 9.72. The minimum absolute atomic E-state index is 0.294. The Bertz CT molecular complexity index is 458. The lowest BCUT2D eigenvalue weighted by molar-refractivity contribution is -0.109. The van der Waals surface area contributed by atoms with Crippen LogP contribution in [0.3, 0.4) is 0 Å². The van der Waals surface area contributed by atoms with Crippen LogP contribution in [0.5, 0.6) is 5.75 Å². The third-order valence-corrected chi connectivity index (χ3v) is 4.97. The van der Waals surface area contributed by atoms with Gasteiger partial charge >= 0.3 is 0 Å². The Balaban J connectivity index is 2.03. The molecule has 0 saturated heterocycles. The SMILES string of the molecule is COc1ccc2c(c1)CC(CC=O)C21CCCC1. The zero-order valence-electron chi connectivity index (χ0n) is 10.9. The lowest BCUT2D eigenvalue weighted by Gasteiger charge is -2.31. The molecular weight excluding hydrogens is 224 g/mol. The Kier molecular flexibility index (Phi) is 2.89. The van der Waals surface area contributed by atoms with Crippen LogP contribution in [0.15, 0.2) is 18.2 Å². The normalized spacial score (nSPS) is 24.2. The van der Waals surface area contributed by atoms with Crippen molar-refractivity contribution in [3.63, 3.8) is 0 Å². The van der Waals surface area contributed by atoms with Crippen molar-refractivity contribution in [1.82, 2.24) is 0 Å². The minimum Gasteiger partial charge on any atom is -0.497 e. The van der Waals surface area contributed by atoms with Gasteiger partial charge in [-0.3, -0.25) is 0 Å². The minimum atomic E-state index is 0.294. The molecule has 1 fully saturated rings. The number of hydrogen-bond acceptors (Lipinski definition) is 2. The maximum Gasteiger partial charge on any atom is 0.120 e. The molecule has 2 heteroatoms. The van der Waals surface area contributed by atoms with Crippen molar-refractivity contribution in [2.75, 3.05) is 7.11 Å². The summed E-state index contributed by atoms with van der Waals surface area (Å²) in [6, 6.07) is 6.48. The Morgan fingerprint density at radius 3 is 2.83 bits per heavy atom. The maximum absolute atomic E-state index is 11.0. The summed E-state index contributed by atoms with van der Waals surface area (Å²) in [5.74, 6) is 1.45. The fraction of sp³-hybridized carbons (Fsp3) is 0.562. The van der Waals surface area contributed by atoms with Crippen LogP contribution >= 0.6 is 0 Å². The zero-order chi connectivity index (χ0) is 12.6. The number of benzene rings is 1. The topological polar surface area (TPSA) is 26.3 Å². The van der Waals surface area contributed by atoms with E-state index in [9.17, 15) is 4.79 Å². The Hall–Kier alpha value is -1.31. The quantitative estimate of drug-likeness (QED) is 0.763. The van der Waals surface area contributed by atoms with Crippen molar-refractivity contribution in [2.45, 2.75) is 43.9 Å². The predicted octanol–water partition coefficient (Wildman–Crippen LogP) is 3.27. The Labute approximate surface area is 108 Å². The van der Waals surface area contributed by atoms with Gasteiger partial charge in [-0.1, -0.05) is 18.9 Å². The van der Waals surface area contributed by atoms with E-state index in [1.165, 1.54) is 36.8 Å². The van der Waals surface area contributed by atoms with Crippen LogP contribution in [0.2, 0.25) is 0 Å². The number of methoxy groups -OCH3 is 1. The van der Waals surface area contributed by atoms with Crippen LogP contribution in [0.25, 0.3) is 0 Å². The molecule has 1 aromatic rings. The van der Waals surface area contributed by atoms with Gasteiger partial charge in [0.05, 0.1) is 7.11 Å². The number of rotatable bonds is 3. The van der Waals surface area contributed by atoms with E-state index in [-0.39, 0.29) is 0 Å². The molecule has 0 radical (unpaired) electrons. The molecule has 18 heavy (non-hydrogen) atoms. The largest absolute Gasteiger partial charge is 0.497 e. The van der Waals surface area contributed by atoms with Crippen molar-refractivity contribution in [3.05, 3.63) is 29.3 Å². The van der Waals surface area contributed by atoms with E-state index < -0.39 is 0 Å². The number of hydrogen-bond donors (Lipinski definition) is 0. The second-order valence-corrected chi connectivity index (χ2v) is 5.69. The molecular formula is C16H20O2. The Morgan fingerprint density at radius 1 is 1.39 bits per heavy atom. The molecule has 0 aliphatic heterocycles. The average molecular weight is 244 g/mol. The highest BCUT2D eigenvalue weighted by Gasteiger charge is 2.47. The van der Waals surface area contributed by atoms with Crippen molar-refractivity contribution in [2.24, 2.45) is 5.92 Å². The van der Waals surface area contributed by atoms with Gasteiger partial charge in [0.25, 0.3) is 0 Å². The van der Waals surface area contributed by atoms with Gasteiger partial charge in [0, 0.05) is 6.42 Å². The molecule has 1 saturated carbocycles. The second-order valence-electron chi connectivity index (χ2n) is 5.69. The van der Waals surface area contributed by atoms with E-state index in [1.807, 2.05) is 0 Å². The van der Waals surface area contributed by atoms with Crippen molar-refractivity contribution in [3.8, 4) is 5.75 Å². The van der Waals surface area contributed by atoms with Crippen LogP contribution < -0.4 is 4.74 Å². The van der Waals surface area contributed by atoms with E-state index in [4.69, 9.17) is 4.74 Å². The summed E-state index contributed by atoms with van der Waals surface area (Å²) in [7, 11) is 1.71. The molecule has 2 aliphatic rings. The summed E-state index contributed by atoms with van der Waals surface area (Å²) in [5.41, 5.74) is 3.19. The van der Waals surface area contributed by atoms with Gasteiger partial charge in [-0.25, -0.2) is 0 Å². The van der Waals surface area contributed by atoms with Crippen molar-refractivity contribution in [1.29, 1.82) is 0 Å². The zero-order valence-corrected chi connectivity index (χ0v) is 10.9. The molecule has 1 unspecified atom stereocenters. The molecule has 96 valence electrons. The first-order valence-corrected chi connectivity index (χ1v) is 6.91. The van der Waals surface area contributed by atoms with Gasteiger partial charge in [0.1, 0.15) is 12.0 Å². The number of fused-ring (bicyclic) bond motifs is 2.